The van der Waals surface area contributed by atoms with Crippen LogP contribution in [0.2, 0.25) is 0 Å². The van der Waals surface area contributed by atoms with Crippen molar-refractivity contribution < 1.29 is 17.7 Å². The SMILES string of the molecule is CCOS(=O)(=O)CCCCO. The molecule has 0 aromatic rings. The Morgan fingerprint density at radius 1 is 1.36 bits per heavy atom. The summed E-state index contributed by atoms with van der Waals surface area (Å²) in [4.78, 5) is 0. The summed E-state index contributed by atoms with van der Waals surface area (Å²) >= 11 is 0. The zero-order valence-corrected chi connectivity index (χ0v) is 7.43. The van der Waals surface area contributed by atoms with Crippen molar-refractivity contribution >= 4 is 10.1 Å². The minimum Gasteiger partial charge on any atom is -0.396 e. The minimum atomic E-state index is -3.31. The van der Waals surface area contributed by atoms with Gasteiger partial charge in [0.2, 0.25) is 0 Å². The Labute approximate surface area is 67.3 Å². The highest BCUT2D eigenvalue weighted by atomic mass is 32.2. The van der Waals surface area contributed by atoms with Crippen molar-refractivity contribution in [1.82, 2.24) is 0 Å². The van der Waals surface area contributed by atoms with Crippen LogP contribution in [0.5, 0.6) is 0 Å². The molecule has 0 aliphatic rings. The lowest BCUT2D eigenvalue weighted by molar-refractivity contribution is 0.285. The molecule has 0 aliphatic carbocycles. The molecule has 0 radical (unpaired) electrons. The molecular weight excluding hydrogens is 168 g/mol. The van der Waals surface area contributed by atoms with Crippen LogP contribution < -0.4 is 0 Å². The van der Waals surface area contributed by atoms with Crippen molar-refractivity contribution in [3.63, 3.8) is 0 Å². The highest BCUT2D eigenvalue weighted by Crippen LogP contribution is 1.98. The van der Waals surface area contributed by atoms with Crippen molar-refractivity contribution in [1.29, 1.82) is 0 Å². The Hall–Kier alpha value is -0.130. The monoisotopic (exact) mass is 182 g/mol. The predicted molar refractivity (Wildman–Crippen MR) is 41.7 cm³/mol. The molecule has 5 heteroatoms. The highest BCUT2D eigenvalue weighted by Gasteiger charge is 2.08. The summed E-state index contributed by atoms with van der Waals surface area (Å²) in [6.07, 6.45) is 0.963. The fourth-order valence-corrected chi connectivity index (χ4v) is 1.66. The van der Waals surface area contributed by atoms with E-state index in [0.717, 1.165) is 0 Å². The lowest BCUT2D eigenvalue weighted by Crippen LogP contribution is -2.10. The number of hydrogen-bond donors (Lipinski definition) is 1. The first-order valence-electron chi connectivity index (χ1n) is 3.60. The molecule has 0 aliphatic heterocycles. The fraction of sp³-hybridized carbons (Fsp3) is 1.00. The fourth-order valence-electron chi connectivity index (χ4n) is 0.629. The molecule has 0 unspecified atom stereocenters. The van der Waals surface area contributed by atoms with Crippen molar-refractivity contribution in [2.75, 3.05) is 19.0 Å². The molecule has 0 rings (SSSR count). The Bertz CT molecular complexity index is 173. The molecule has 0 bridgehead atoms. The van der Waals surface area contributed by atoms with Crippen molar-refractivity contribution in [2.45, 2.75) is 19.8 Å². The van der Waals surface area contributed by atoms with E-state index in [4.69, 9.17) is 5.11 Å². The van der Waals surface area contributed by atoms with Gasteiger partial charge < -0.3 is 5.11 Å². The first kappa shape index (κ1) is 10.9. The van der Waals surface area contributed by atoms with E-state index in [9.17, 15) is 8.42 Å². The number of aliphatic hydroxyl groups is 1. The molecule has 68 valence electrons. The average molecular weight is 182 g/mol. The highest BCUT2D eigenvalue weighted by molar-refractivity contribution is 7.86. The average Bonchev–Trinajstić information content (AvgIpc) is 1.87. The number of rotatable bonds is 6. The van der Waals surface area contributed by atoms with Crippen molar-refractivity contribution in [3.05, 3.63) is 0 Å². The molecule has 0 spiro atoms. The maximum Gasteiger partial charge on any atom is 0.267 e. The standard InChI is InChI=1S/C6H14O4S/c1-2-10-11(8,9)6-4-3-5-7/h7H,2-6H2,1H3. The minimum absolute atomic E-state index is 0.00139. The van der Waals surface area contributed by atoms with Gasteiger partial charge in [-0.25, -0.2) is 0 Å². The van der Waals surface area contributed by atoms with Gasteiger partial charge in [-0.2, -0.15) is 8.42 Å². The zero-order chi connectivity index (χ0) is 8.74. The Kier molecular flexibility index (Phi) is 5.45. The van der Waals surface area contributed by atoms with Crippen LogP contribution in [0.1, 0.15) is 19.8 Å². The van der Waals surface area contributed by atoms with E-state index in [0.29, 0.717) is 12.8 Å². The van der Waals surface area contributed by atoms with Gasteiger partial charge in [-0.05, 0) is 19.8 Å². The molecule has 0 fully saturated rings. The molecule has 4 nitrogen and oxygen atoms in total. The predicted octanol–water partition coefficient (Wildman–Crippen LogP) is 0.125. The topological polar surface area (TPSA) is 63.6 Å². The number of aliphatic hydroxyl groups excluding tert-OH is 1. The van der Waals surface area contributed by atoms with Crippen LogP contribution in [-0.4, -0.2) is 32.5 Å². The largest absolute Gasteiger partial charge is 0.396 e. The van der Waals surface area contributed by atoms with Crippen LogP contribution in [0.3, 0.4) is 0 Å². The Balaban J connectivity index is 3.56. The Morgan fingerprint density at radius 2 is 2.00 bits per heavy atom. The summed E-state index contributed by atoms with van der Waals surface area (Å²) in [6, 6.07) is 0. The smallest absolute Gasteiger partial charge is 0.267 e. The summed E-state index contributed by atoms with van der Waals surface area (Å²) in [5.41, 5.74) is 0. The van der Waals surface area contributed by atoms with Gasteiger partial charge in [0.1, 0.15) is 0 Å². The molecular formula is C6H14O4S. The molecule has 11 heavy (non-hydrogen) atoms. The van der Waals surface area contributed by atoms with Crippen LogP contribution in [0.15, 0.2) is 0 Å². The lowest BCUT2D eigenvalue weighted by Gasteiger charge is -2.00. The van der Waals surface area contributed by atoms with Crippen LogP contribution in [0.25, 0.3) is 0 Å². The van der Waals surface area contributed by atoms with E-state index in [1.807, 2.05) is 0 Å². The quantitative estimate of drug-likeness (QED) is 0.468. The molecule has 0 aromatic carbocycles. The van der Waals surface area contributed by atoms with Gasteiger partial charge in [0, 0.05) is 6.61 Å². The third kappa shape index (κ3) is 6.28. The van der Waals surface area contributed by atoms with E-state index < -0.39 is 10.1 Å². The third-order valence-corrected chi connectivity index (χ3v) is 2.48. The normalized spacial score (nSPS) is 11.8. The van der Waals surface area contributed by atoms with Gasteiger partial charge in [-0.3, -0.25) is 4.18 Å². The second kappa shape index (κ2) is 5.51. The molecule has 0 atom stereocenters. The van der Waals surface area contributed by atoms with Crippen LogP contribution >= 0.6 is 0 Å². The van der Waals surface area contributed by atoms with Crippen molar-refractivity contribution in [3.8, 4) is 0 Å². The molecule has 0 heterocycles. The third-order valence-electron chi connectivity index (χ3n) is 1.10. The number of unbranched alkanes of at least 4 members (excludes halogenated alkanes) is 1. The van der Waals surface area contributed by atoms with Gasteiger partial charge in [-0.1, -0.05) is 0 Å². The molecule has 0 saturated heterocycles. The summed E-state index contributed by atoms with van der Waals surface area (Å²) < 4.78 is 26.1. The Morgan fingerprint density at radius 3 is 2.45 bits per heavy atom. The van der Waals surface area contributed by atoms with Gasteiger partial charge in [0.25, 0.3) is 10.1 Å². The zero-order valence-electron chi connectivity index (χ0n) is 6.62. The van der Waals surface area contributed by atoms with E-state index in [2.05, 4.69) is 4.18 Å². The summed E-state index contributed by atoms with van der Waals surface area (Å²) in [7, 11) is -3.31. The van der Waals surface area contributed by atoms with Crippen LogP contribution in [-0.2, 0) is 14.3 Å². The van der Waals surface area contributed by atoms with Crippen LogP contribution in [0.4, 0.5) is 0 Å². The first-order valence-corrected chi connectivity index (χ1v) is 5.18. The van der Waals surface area contributed by atoms with E-state index in [1.54, 1.807) is 6.92 Å². The molecule has 0 aromatic heterocycles. The summed E-state index contributed by atoms with van der Waals surface area (Å²) in [5.74, 6) is 0.00139. The number of hydrogen-bond acceptors (Lipinski definition) is 4. The maximum atomic E-state index is 10.8. The second-order valence-corrected chi connectivity index (χ2v) is 3.86. The van der Waals surface area contributed by atoms with Gasteiger partial charge in [0.15, 0.2) is 0 Å². The van der Waals surface area contributed by atoms with Gasteiger partial charge in [-0.15, -0.1) is 0 Å². The molecule has 0 amide bonds. The molecule has 1 N–H and O–H groups in total. The van der Waals surface area contributed by atoms with Gasteiger partial charge >= 0.3 is 0 Å². The van der Waals surface area contributed by atoms with E-state index in [-0.39, 0.29) is 19.0 Å². The second-order valence-electron chi connectivity index (χ2n) is 2.10. The van der Waals surface area contributed by atoms with Crippen LogP contribution in [0, 0.1) is 0 Å². The molecule has 0 saturated carbocycles. The summed E-state index contributed by atoms with van der Waals surface area (Å²) in [6.45, 7) is 1.84. The van der Waals surface area contributed by atoms with Gasteiger partial charge in [0.05, 0.1) is 12.4 Å². The van der Waals surface area contributed by atoms with Crippen molar-refractivity contribution in [2.24, 2.45) is 0 Å². The maximum absolute atomic E-state index is 10.8. The first-order chi connectivity index (χ1) is 5.12. The van der Waals surface area contributed by atoms with E-state index >= 15 is 0 Å². The summed E-state index contributed by atoms with van der Waals surface area (Å²) in [5, 5.41) is 8.36. The van der Waals surface area contributed by atoms with E-state index in [1.165, 1.54) is 0 Å². The lowest BCUT2D eigenvalue weighted by atomic mass is 10.4.